The predicted molar refractivity (Wildman–Crippen MR) is 74.2 cm³/mol. The second kappa shape index (κ2) is 8.35. The first-order valence-corrected chi connectivity index (χ1v) is 6.91. The van der Waals surface area contributed by atoms with Gasteiger partial charge in [0.1, 0.15) is 0 Å². The van der Waals surface area contributed by atoms with Gasteiger partial charge >= 0.3 is 6.03 Å². The predicted octanol–water partition coefficient (Wildman–Crippen LogP) is 0.119. The third-order valence-corrected chi connectivity index (χ3v) is 3.42. The molecule has 1 unspecified atom stereocenters. The molecule has 0 radical (unpaired) electrons. The molecule has 1 aliphatic rings. The Bertz CT molecular complexity index is 266. The molecule has 0 spiro atoms. The van der Waals surface area contributed by atoms with Crippen LogP contribution in [-0.4, -0.2) is 80.5 Å². The highest BCUT2D eigenvalue weighted by molar-refractivity contribution is 5.73. The van der Waals surface area contributed by atoms with Gasteiger partial charge in [0.15, 0.2) is 0 Å². The summed E-state index contributed by atoms with van der Waals surface area (Å²) in [4.78, 5) is 15.3. The Labute approximate surface area is 115 Å². The summed E-state index contributed by atoms with van der Waals surface area (Å²) >= 11 is 0. The number of nitrogens with zero attached hydrogens (tertiary/aromatic N) is 2. The molecule has 1 atom stereocenters. The van der Waals surface area contributed by atoms with Gasteiger partial charge in [0.25, 0.3) is 0 Å². The number of hydrogen-bond donors (Lipinski definition) is 2. The lowest BCUT2D eigenvalue weighted by atomic mass is 10.1. The van der Waals surface area contributed by atoms with Crippen molar-refractivity contribution in [3.05, 3.63) is 0 Å². The van der Waals surface area contributed by atoms with Crippen LogP contribution in [0.5, 0.6) is 0 Å². The number of urea groups is 1. The van der Waals surface area contributed by atoms with E-state index in [4.69, 9.17) is 4.74 Å². The van der Waals surface area contributed by atoms with E-state index >= 15 is 0 Å². The second-order valence-corrected chi connectivity index (χ2v) is 5.29. The molecule has 1 fully saturated rings. The Balaban J connectivity index is 2.15. The van der Waals surface area contributed by atoms with Crippen LogP contribution in [0, 0.1) is 0 Å². The molecule has 2 amide bonds. The fraction of sp³-hybridized carbons (Fsp3) is 0.923. The lowest BCUT2D eigenvalue weighted by molar-refractivity contribution is 0.0584. The number of likely N-dealkylation sites (tertiary alicyclic amines) is 1. The Morgan fingerprint density at radius 2 is 2.11 bits per heavy atom. The first-order valence-electron chi connectivity index (χ1n) is 6.91. The molecule has 0 aliphatic carbocycles. The molecule has 1 saturated heterocycles. The normalized spacial score (nSPS) is 18.4. The van der Waals surface area contributed by atoms with Crippen molar-refractivity contribution in [2.75, 3.05) is 47.4 Å². The fourth-order valence-corrected chi connectivity index (χ4v) is 2.29. The van der Waals surface area contributed by atoms with E-state index in [9.17, 15) is 9.90 Å². The molecule has 1 aliphatic heterocycles. The number of aliphatic hydroxyl groups is 1. The van der Waals surface area contributed by atoms with E-state index in [2.05, 4.69) is 5.32 Å². The average Bonchev–Trinajstić information content (AvgIpc) is 2.39. The van der Waals surface area contributed by atoms with Crippen LogP contribution < -0.4 is 5.32 Å². The lowest BCUT2D eigenvalue weighted by Gasteiger charge is -2.34. The molecule has 0 saturated carbocycles. The zero-order valence-corrected chi connectivity index (χ0v) is 12.3. The van der Waals surface area contributed by atoms with Crippen molar-refractivity contribution in [2.45, 2.75) is 31.4 Å². The maximum Gasteiger partial charge on any atom is 0.319 e. The fourth-order valence-electron chi connectivity index (χ4n) is 2.29. The van der Waals surface area contributed by atoms with Gasteiger partial charge in [-0.25, -0.2) is 4.79 Å². The van der Waals surface area contributed by atoms with Crippen LogP contribution >= 0.6 is 0 Å². The molecular weight excluding hydrogens is 246 g/mol. The quantitative estimate of drug-likeness (QED) is 0.721. The van der Waals surface area contributed by atoms with Crippen LogP contribution in [0.15, 0.2) is 0 Å². The topological polar surface area (TPSA) is 65.0 Å². The van der Waals surface area contributed by atoms with Gasteiger partial charge in [0.2, 0.25) is 0 Å². The van der Waals surface area contributed by atoms with Crippen LogP contribution in [0.2, 0.25) is 0 Å². The second-order valence-electron chi connectivity index (χ2n) is 5.29. The van der Waals surface area contributed by atoms with Gasteiger partial charge in [-0.3, -0.25) is 0 Å². The number of carbonyl (C=O) groups excluding carboxylic acids is 1. The number of piperidine rings is 1. The Morgan fingerprint density at radius 3 is 2.63 bits per heavy atom. The summed E-state index contributed by atoms with van der Waals surface area (Å²) < 4.78 is 4.88. The molecule has 0 aromatic carbocycles. The van der Waals surface area contributed by atoms with Gasteiger partial charge in [0, 0.05) is 40.3 Å². The molecule has 1 heterocycles. The number of rotatable bonds is 6. The summed E-state index contributed by atoms with van der Waals surface area (Å²) in [6, 6.07) is 0.537. The summed E-state index contributed by atoms with van der Waals surface area (Å²) in [6.07, 6.45) is 2.25. The van der Waals surface area contributed by atoms with Gasteiger partial charge in [0.05, 0.1) is 12.7 Å². The molecule has 0 aromatic heterocycles. The molecule has 2 N–H and O–H groups in total. The third-order valence-electron chi connectivity index (χ3n) is 3.42. The minimum Gasteiger partial charge on any atom is -0.391 e. The summed E-state index contributed by atoms with van der Waals surface area (Å²) in [5.74, 6) is 0. The Morgan fingerprint density at radius 1 is 1.47 bits per heavy atom. The number of amides is 2. The highest BCUT2D eigenvalue weighted by Crippen LogP contribution is 2.11. The van der Waals surface area contributed by atoms with Gasteiger partial charge in [-0.2, -0.15) is 0 Å². The maximum atomic E-state index is 11.8. The number of hydrogen-bond acceptors (Lipinski definition) is 4. The van der Waals surface area contributed by atoms with Gasteiger partial charge in [-0.1, -0.05) is 0 Å². The number of methoxy groups -OCH3 is 1. The van der Waals surface area contributed by atoms with E-state index in [0.717, 1.165) is 32.5 Å². The molecule has 6 heteroatoms. The van der Waals surface area contributed by atoms with Crippen LogP contribution in [-0.2, 0) is 4.74 Å². The van der Waals surface area contributed by atoms with E-state index in [1.165, 1.54) is 0 Å². The first kappa shape index (κ1) is 16.2. The van der Waals surface area contributed by atoms with Gasteiger partial charge < -0.3 is 25.0 Å². The van der Waals surface area contributed by atoms with Crippen LogP contribution in [0.3, 0.4) is 0 Å². The van der Waals surface area contributed by atoms with Crippen molar-refractivity contribution in [1.82, 2.24) is 15.1 Å². The number of ether oxygens (including phenoxy) is 1. The van der Waals surface area contributed by atoms with Crippen molar-refractivity contribution < 1.29 is 14.6 Å². The monoisotopic (exact) mass is 273 g/mol. The minimum atomic E-state index is -0.395. The molecule has 0 aromatic rings. The summed E-state index contributed by atoms with van der Waals surface area (Å²) in [7, 11) is 5.15. The van der Waals surface area contributed by atoms with Crippen molar-refractivity contribution in [2.24, 2.45) is 0 Å². The summed E-state index contributed by atoms with van der Waals surface area (Å²) in [5.41, 5.74) is 0. The number of nitrogens with one attached hydrogen (secondary N) is 1. The molecule has 1 rings (SSSR count). The largest absolute Gasteiger partial charge is 0.391 e. The minimum absolute atomic E-state index is 0.0916. The summed E-state index contributed by atoms with van der Waals surface area (Å²) in [5, 5.41) is 13.0. The molecular formula is C13H27N3O3. The van der Waals surface area contributed by atoms with Crippen molar-refractivity contribution in [3.63, 3.8) is 0 Å². The van der Waals surface area contributed by atoms with E-state index in [-0.39, 0.29) is 6.03 Å². The third kappa shape index (κ3) is 5.76. The van der Waals surface area contributed by atoms with E-state index in [1.807, 2.05) is 4.90 Å². The van der Waals surface area contributed by atoms with Crippen molar-refractivity contribution in [3.8, 4) is 0 Å². The van der Waals surface area contributed by atoms with Gasteiger partial charge in [-0.05, 0) is 25.8 Å². The number of carbonyl (C=O) groups is 1. The maximum absolute atomic E-state index is 11.8. The standard InChI is InChI=1S/C13H27N3O3/c1-15(2)13(18)16-8-5-11(6-9-16)14-7-4-12(17)10-19-3/h11-12,14,17H,4-10H2,1-3H3. The van der Waals surface area contributed by atoms with Crippen LogP contribution in [0.25, 0.3) is 0 Å². The van der Waals surface area contributed by atoms with Crippen LogP contribution in [0.4, 0.5) is 4.79 Å². The number of aliphatic hydroxyl groups excluding tert-OH is 1. The Hall–Kier alpha value is -0.850. The highest BCUT2D eigenvalue weighted by atomic mass is 16.5. The SMILES string of the molecule is COCC(O)CCNC1CCN(C(=O)N(C)C)CC1. The van der Waals surface area contributed by atoms with Crippen LogP contribution in [0.1, 0.15) is 19.3 Å². The molecule has 19 heavy (non-hydrogen) atoms. The van der Waals surface area contributed by atoms with Gasteiger partial charge in [-0.15, -0.1) is 0 Å². The molecule has 0 bridgehead atoms. The first-order chi connectivity index (χ1) is 9.04. The zero-order chi connectivity index (χ0) is 14.3. The van der Waals surface area contributed by atoms with Crippen molar-refractivity contribution in [1.29, 1.82) is 0 Å². The van der Waals surface area contributed by atoms with Crippen molar-refractivity contribution >= 4 is 6.03 Å². The van der Waals surface area contributed by atoms with E-state index < -0.39 is 6.10 Å². The van der Waals surface area contributed by atoms with E-state index in [0.29, 0.717) is 19.1 Å². The Kier molecular flexibility index (Phi) is 7.12. The molecule has 6 nitrogen and oxygen atoms in total. The zero-order valence-electron chi connectivity index (χ0n) is 12.3. The highest BCUT2D eigenvalue weighted by Gasteiger charge is 2.23. The smallest absolute Gasteiger partial charge is 0.319 e. The lowest BCUT2D eigenvalue weighted by Crippen LogP contribution is -2.48. The molecule has 112 valence electrons. The summed E-state index contributed by atoms with van der Waals surface area (Å²) in [6.45, 7) is 2.78. The average molecular weight is 273 g/mol. The van der Waals surface area contributed by atoms with E-state index in [1.54, 1.807) is 26.1 Å².